The quantitative estimate of drug-likeness (QED) is 0.372. The highest BCUT2D eigenvalue weighted by atomic mass is 35.5. The molecule has 5 N–H and O–H groups in total. The summed E-state index contributed by atoms with van der Waals surface area (Å²) >= 11 is 0. The molecule has 1 aliphatic carbocycles. The highest BCUT2D eigenvalue weighted by Crippen LogP contribution is 2.37. The number of benzene rings is 2. The molecule has 0 fully saturated rings. The Labute approximate surface area is 176 Å². The molecule has 3 rings (SSSR count). The molecule has 2 aromatic rings. The molecule has 0 heterocycles. The molecule has 1 atom stereocenters. The van der Waals surface area contributed by atoms with Crippen LogP contribution in [0.1, 0.15) is 50.2 Å². The summed E-state index contributed by atoms with van der Waals surface area (Å²) in [4.78, 5) is 47.4. The Kier molecular flexibility index (Phi) is 6.81. The van der Waals surface area contributed by atoms with Crippen molar-refractivity contribution >= 4 is 35.9 Å². The van der Waals surface area contributed by atoms with Crippen molar-refractivity contribution in [3.8, 4) is 11.5 Å². The van der Waals surface area contributed by atoms with Crippen molar-refractivity contribution in [2.75, 3.05) is 0 Å². The molecule has 0 amide bonds. The van der Waals surface area contributed by atoms with E-state index in [0.717, 1.165) is 0 Å². The molecule has 158 valence electrons. The van der Waals surface area contributed by atoms with Crippen LogP contribution < -0.4 is 5.32 Å². The first-order valence-electron chi connectivity index (χ1n) is 8.66. The first-order chi connectivity index (χ1) is 13.7. The van der Waals surface area contributed by atoms with Gasteiger partial charge in [0.15, 0.2) is 5.78 Å². The Bertz CT molecular complexity index is 1050. The lowest BCUT2D eigenvalue weighted by atomic mass is 9.82. The van der Waals surface area contributed by atoms with Gasteiger partial charge >= 0.3 is 11.9 Å². The van der Waals surface area contributed by atoms with Gasteiger partial charge in [0.1, 0.15) is 17.5 Å². The average molecular weight is 436 g/mol. The summed E-state index contributed by atoms with van der Waals surface area (Å²) < 4.78 is 0. The van der Waals surface area contributed by atoms with Crippen LogP contribution in [-0.4, -0.2) is 50.0 Å². The second-order valence-electron chi connectivity index (χ2n) is 6.60. The molecular formula is C20H18ClNO8. The number of aliphatic carboxylic acids is 2. The fraction of sp³-hybridized carbons (Fsp3) is 0.200. The van der Waals surface area contributed by atoms with Crippen LogP contribution in [0, 0.1) is 0 Å². The average Bonchev–Trinajstić information content (AvgIpc) is 2.65. The number of phenols is 2. The van der Waals surface area contributed by atoms with Crippen molar-refractivity contribution in [3.63, 3.8) is 0 Å². The predicted molar refractivity (Wildman–Crippen MR) is 105 cm³/mol. The van der Waals surface area contributed by atoms with Crippen LogP contribution >= 0.6 is 12.4 Å². The lowest BCUT2D eigenvalue weighted by molar-refractivity contribution is -0.140. The Morgan fingerprint density at radius 1 is 0.933 bits per heavy atom. The number of rotatable bonds is 7. The summed E-state index contributed by atoms with van der Waals surface area (Å²) in [6.45, 7) is -0.0776. The van der Waals surface area contributed by atoms with Gasteiger partial charge in [0.2, 0.25) is 5.78 Å². The maximum Gasteiger partial charge on any atom is 0.320 e. The second-order valence-corrected chi connectivity index (χ2v) is 6.60. The van der Waals surface area contributed by atoms with Gasteiger partial charge in [-0.25, -0.2) is 0 Å². The molecule has 0 bridgehead atoms. The van der Waals surface area contributed by atoms with Crippen LogP contribution in [0.5, 0.6) is 11.5 Å². The summed E-state index contributed by atoms with van der Waals surface area (Å²) in [7, 11) is 0. The van der Waals surface area contributed by atoms with Crippen LogP contribution in [0.25, 0.3) is 0 Å². The van der Waals surface area contributed by atoms with Gasteiger partial charge in [-0.1, -0.05) is 12.1 Å². The van der Waals surface area contributed by atoms with Crippen molar-refractivity contribution in [1.29, 1.82) is 0 Å². The van der Waals surface area contributed by atoms with E-state index in [4.69, 9.17) is 5.11 Å². The molecule has 0 radical (unpaired) electrons. The van der Waals surface area contributed by atoms with Crippen molar-refractivity contribution in [2.24, 2.45) is 0 Å². The fourth-order valence-corrected chi connectivity index (χ4v) is 3.26. The zero-order chi connectivity index (χ0) is 21.3. The zero-order valence-electron chi connectivity index (χ0n) is 15.4. The second kappa shape index (κ2) is 8.93. The largest absolute Gasteiger partial charge is 0.507 e. The van der Waals surface area contributed by atoms with E-state index in [9.17, 15) is 34.5 Å². The standard InChI is InChI=1S/C20H17NO8.ClH/c22-13-3-1-2-10-16(13)19(27)17-11(18(10)26)6-9(7-14(17)23)8-21-12(20(28)29)4-5-15(24)25;/h1-3,6-7,12,21-23H,4-5,8H2,(H,24,25)(H,28,29);1H. The van der Waals surface area contributed by atoms with Gasteiger partial charge in [0, 0.05) is 24.1 Å². The number of hydrogen-bond donors (Lipinski definition) is 5. The number of fused-ring (bicyclic) bond motifs is 2. The van der Waals surface area contributed by atoms with Gasteiger partial charge in [0.05, 0.1) is 11.1 Å². The molecule has 1 aliphatic rings. The molecule has 0 aliphatic heterocycles. The first-order valence-corrected chi connectivity index (χ1v) is 8.66. The monoisotopic (exact) mass is 435 g/mol. The fourth-order valence-electron chi connectivity index (χ4n) is 3.26. The van der Waals surface area contributed by atoms with E-state index in [0.29, 0.717) is 5.56 Å². The Hall–Kier alpha value is -3.43. The van der Waals surface area contributed by atoms with Crippen molar-refractivity contribution in [3.05, 3.63) is 58.1 Å². The number of carboxylic acids is 2. The summed E-state index contributed by atoms with van der Waals surface area (Å²) in [5.74, 6) is -4.43. The number of aromatic hydroxyl groups is 2. The first kappa shape index (κ1) is 22.9. The normalized spacial score (nSPS) is 13.1. The predicted octanol–water partition coefficient (Wildman–Crippen LogP) is 1.70. The van der Waals surface area contributed by atoms with E-state index in [-0.39, 0.29) is 59.8 Å². The third-order valence-corrected chi connectivity index (χ3v) is 4.66. The van der Waals surface area contributed by atoms with Crippen LogP contribution in [0.2, 0.25) is 0 Å². The minimum Gasteiger partial charge on any atom is -0.507 e. The third-order valence-electron chi connectivity index (χ3n) is 4.66. The van der Waals surface area contributed by atoms with Crippen molar-refractivity contribution < 1.29 is 39.6 Å². The van der Waals surface area contributed by atoms with E-state index in [1.54, 1.807) is 0 Å². The SMILES string of the molecule is Cl.O=C(O)CCC(NCc1cc(O)c2c(c1)C(=O)c1cccc(O)c1C2=O)C(=O)O. The Morgan fingerprint density at radius 3 is 2.23 bits per heavy atom. The molecule has 0 saturated carbocycles. The summed E-state index contributed by atoms with van der Waals surface area (Å²) in [5.41, 5.74) is -0.106. The zero-order valence-corrected chi connectivity index (χ0v) is 16.2. The number of nitrogens with one attached hydrogen (secondary N) is 1. The van der Waals surface area contributed by atoms with Crippen LogP contribution in [0.15, 0.2) is 30.3 Å². The van der Waals surface area contributed by atoms with Crippen LogP contribution in [-0.2, 0) is 16.1 Å². The van der Waals surface area contributed by atoms with Gasteiger partial charge in [0.25, 0.3) is 0 Å². The number of carbonyl (C=O) groups is 4. The molecule has 1 unspecified atom stereocenters. The van der Waals surface area contributed by atoms with Crippen LogP contribution in [0.3, 0.4) is 0 Å². The highest BCUT2D eigenvalue weighted by Gasteiger charge is 2.34. The molecule has 0 saturated heterocycles. The number of halogens is 1. The number of carboxylic acid groups (broad SMARTS) is 2. The van der Waals surface area contributed by atoms with E-state index in [1.165, 1.54) is 30.3 Å². The maximum atomic E-state index is 12.8. The molecule has 0 spiro atoms. The van der Waals surface area contributed by atoms with Crippen LogP contribution in [0.4, 0.5) is 0 Å². The molecular weight excluding hydrogens is 418 g/mol. The summed E-state index contributed by atoms with van der Waals surface area (Å²) in [6.07, 6.45) is -0.488. The summed E-state index contributed by atoms with van der Waals surface area (Å²) in [6, 6.07) is 5.54. The summed E-state index contributed by atoms with van der Waals surface area (Å²) in [5, 5.41) is 40.8. The highest BCUT2D eigenvalue weighted by molar-refractivity contribution is 6.30. The molecule has 0 aromatic heterocycles. The lowest BCUT2D eigenvalue weighted by Gasteiger charge is -2.20. The molecule has 30 heavy (non-hydrogen) atoms. The van der Waals surface area contributed by atoms with E-state index in [2.05, 4.69) is 5.32 Å². The Balaban J connectivity index is 0.00000320. The van der Waals surface area contributed by atoms with Gasteiger partial charge in [-0.05, 0) is 30.2 Å². The van der Waals surface area contributed by atoms with E-state index >= 15 is 0 Å². The van der Waals surface area contributed by atoms with Gasteiger partial charge in [-0.3, -0.25) is 19.2 Å². The van der Waals surface area contributed by atoms with Gasteiger partial charge < -0.3 is 25.7 Å². The van der Waals surface area contributed by atoms with E-state index < -0.39 is 35.3 Å². The van der Waals surface area contributed by atoms with Gasteiger partial charge in [-0.15, -0.1) is 12.4 Å². The van der Waals surface area contributed by atoms with Crippen molar-refractivity contribution in [1.82, 2.24) is 5.32 Å². The van der Waals surface area contributed by atoms with Crippen molar-refractivity contribution in [2.45, 2.75) is 25.4 Å². The number of phenolic OH excluding ortho intramolecular Hbond substituents is 2. The minimum absolute atomic E-state index is 0. The topological polar surface area (TPSA) is 161 Å². The molecule has 9 nitrogen and oxygen atoms in total. The number of hydrogen-bond acceptors (Lipinski definition) is 7. The number of ketones is 2. The number of carbonyl (C=O) groups excluding carboxylic acids is 2. The minimum atomic E-state index is -1.23. The Morgan fingerprint density at radius 2 is 1.60 bits per heavy atom. The maximum absolute atomic E-state index is 12.8. The lowest BCUT2D eigenvalue weighted by Crippen LogP contribution is -2.36. The smallest absolute Gasteiger partial charge is 0.320 e. The third kappa shape index (κ3) is 4.27. The van der Waals surface area contributed by atoms with E-state index in [1.807, 2.05) is 0 Å². The molecule has 10 heteroatoms. The van der Waals surface area contributed by atoms with Gasteiger partial charge in [-0.2, -0.15) is 0 Å². The molecule has 2 aromatic carbocycles.